The number of hydrogen-bond donors (Lipinski definition) is 0. The average molecular weight is 240 g/mol. The van der Waals surface area contributed by atoms with Crippen LogP contribution in [0.2, 0.25) is 0 Å². The lowest BCUT2D eigenvalue weighted by Gasteiger charge is -2.11. The van der Waals surface area contributed by atoms with E-state index in [9.17, 15) is 4.57 Å². The zero-order chi connectivity index (χ0) is 11.9. The van der Waals surface area contributed by atoms with Crippen molar-refractivity contribution in [2.24, 2.45) is 0 Å². The van der Waals surface area contributed by atoms with Gasteiger partial charge >= 0.3 is 7.60 Å². The van der Waals surface area contributed by atoms with E-state index in [0.29, 0.717) is 12.6 Å². The maximum absolute atomic E-state index is 11.7. The molecule has 1 aromatic rings. The summed E-state index contributed by atoms with van der Waals surface area (Å²) in [6.45, 7) is 0. The minimum Gasteiger partial charge on any atom is -0.312 e. The second-order valence-corrected chi connectivity index (χ2v) is 5.70. The summed E-state index contributed by atoms with van der Waals surface area (Å²) in [4.78, 5) is 0. The molecule has 0 bridgehead atoms. The Morgan fingerprint density at radius 3 is 2.38 bits per heavy atom. The zero-order valence-corrected chi connectivity index (χ0v) is 10.5. The van der Waals surface area contributed by atoms with E-state index in [0.717, 1.165) is 5.56 Å². The Balaban J connectivity index is 2.41. The van der Waals surface area contributed by atoms with Gasteiger partial charge in [-0.15, -0.1) is 0 Å². The lowest BCUT2D eigenvalue weighted by Crippen LogP contribution is -1.93. The van der Waals surface area contributed by atoms with Crippen molar-refractivity contribution in [3.05, 3.63) is 42.0 Å². The number of allylic oxidation sites excluding steroid dienone is 1. The second kappa shape index (κ2) is 6.64. The van der Waals surface area contributed by atoms with Gasteiger partial charge < -0.3 is 9.05 Å². The molecule has 1 aromatic carbocycles. The van der Waals surface area contributed by atoms with Crippen molar-refractivity contribution in [2.45, 2.75) is 6.42 Å². The van der Waals surface area contributed by atoms with Crippen molar-refractivity contribution in [1.29, 1.82) is 0 Å². The van der Waals surface area contributed by atoms with E-state index in [4.69, 9.17) is 9.05 Å². The van der Waals surface area contributed by atoms with Crippen molar-refractivity contribution in [2.75, 3.05) is 20.4 Å². The maximum atomic E-state index is 11.7. The van der Waals surface area contributed by atoms with E-state index >= 15 is 0 Å². The largest absolute Gasteiger partial charge is 0.330 e. The first kappa shape index (κ1) is 13.2. The molecule has 3 nitrogen and oxygen atoms in total. The highest BCUT2D eigenvalue weighted by Crippen LogP contribution is 2.46. The standard InChI is InChI=1S/C12H17O3P/c1-14-16(13,15-2)11-7-6-10-12-8-4-3-5-9-12/h3-6,8-10H,7,11H2,1-2H3. The van der Waals surface area contributed by atoms with Crippen molar-refractivity contribution in [1.82, 2.24) is 0 Å². The van der Waals surface area contributed by atoms with E-state index in [1.807, 2.05) is 42.5 Å². The zero-order valence-electron chi connectivity index (χ0n) is 9.63. The molecule has 0 aliphatic rings. The van der Waals surface area contributed by atoms with Gasteiger partial charge in [-0.3, -0.25) is 4.57 Å². The lowest BCUT2D eigenvalue weighted by molar-refractivity contribution is 0.276. The summed E-state index contributed by atoms with van der Waals surface area (Å²) in [5, 5.41) is 0. The van der Waals surface area contributed by atoms with Crippen LogP contribution in [0.5, 0.6) is 0 Å². The van der Waals surface area contributed by atoms with E-state index in [2.05, 4.69) is 0 Å². The molecule has 0 aliphatic carbocycles. The van der Waals surface area contributed by atoms with Crippen LogP contribution in [-0.4, -0.2) is 20.4 Å². The van der Waals surface area contributed by atoms with Crippen LogP contribution >= 0.6 is 7.60 Å². The molecule has 0 unspecified atom stereocenters. The van der Waals surface area contributed by atoms with E-state index < -0.39 is 7.60 Å². The molecule has 0 spiro atoms. The van der Waals surface area contributed by atoms with Gasteiger partial charge in [0.25, 0.3) is 0 Å². The van der Waals surface area contributed by atoms with Crippen LogP contribution in [-0.2, 0) is 13.6 Å². The van der Waals surface area contributed by atoms with Crippen LogP contribution in [0.15, 0.2) is 36.4 Å². The molecule has 0 aliphatic heterocycles. The van der Waals surface area contributed by atoms with Gasteiger partial charge in [0, 0.05) is 14.2 Å². The van der Waals surface area contributed by atoms with Crippen LogP contribution in [0.3, 0.4) is 0 Å². The summed E-state index contributed by atoms with van der Waals surface area (Å²) in [7, 11) is -0.0378. The number of hydrogen-bond acceptors (Lipinski definition) is 3. The highest BCUT2D eigenvalue weighted by Gasteiger charge is 2.18. The topological polar surface area (TPSA) is 35.5 Å². The van der Waals surface area contributed by atoms with Gasteiger partial charge in [-0.1, -0.05) is 42.5 Å². The molecule has 88 valence electrons. The van der Waals surface area contributed by atoms with Gasteiger partial charge in [-0.2, -0.15) is 0 Å². The van der Waals surface area contributed by atoms with Crippen LogP contribution in [0.4, 0.5) is 0 Å². The summed E-state index contributed by atoms with van der Waals surface area (Å²) < 4.78 is 21.4. The molecule has 0 saturated heterocycles. The minimum absolute atomic E-state index is 0.406. The van der Waals surface area contributed by atoms with Gasteiger partial charge in [0.1, 0.15) is 0 Å². The summed E-state index contributed by atoms with van der Waals surface area (Å²) in [6, 6.07) is 9.97. The lowest BCUT2D eigenvalue weighted by atomic mass is 10.2. The third-order valence-corrected chi connectivity index (χ3v) is 4.15. The Labute approximate surface area is 96.6 Å². The van der Waals surface area contributed by atoms with Gasteiger partial charge in [0.2, 0.25) is 0 Å². The summed E-state index contributed by atoms with van der Waals surface area (Å²) in [6.07, 6.45) is 5.05. The Bertz CT molecular complexity index is 365. The first-order valence-corrected chi connectivity index (χ1v) is 6.85. The number of rotatable bonds is 6. The molecule has 0 amide bonds. The van der Waals surface area contributed by atoms with E-state index in [1.54, 1.807) is 0 Å². The first-order valence-electron chi connectivity index (χ1n) is 5.12. The highest BCUT2D eigenvalue weighted by atomic mass is 31.2. The molecule has 4 heteroatoms. The highest BCUT2D eigenvalue weighted by molar-refractivity contribution is 7.53. The molecule has 0 N–H and O–H groups in total. The monoisotopic (exact) mass is 240 g/mol. The van der Waals surface area contributed by atoms with Gasteiger partial charge in [-0.05, 0) is 12.0 Å². The molecule has 1 rings (SSSR count). The van der Waals surface area contributed by atoms with Crippen LogP contribution in [0.25, 0.3) is 6.08 Å². The second-order valence-electron chi connectivity index (χ2n) is 3.30. The molecule has 0 fully saturated rings. The van der Waals surface area contributed by atoms with Crippen LogP contribution < -0.4 is 0 Å². The van der Waals surface area contributed by atoms with Gasteiger partial charge in [0.05, 0.1) is 6.16 Å². The Kier molecular flexibility index (Phi) is 5.47. The van der Waals surface area contributed by atoms with E-state index in [-0.39, 0.29) is 0 Å². The molecular formula is C12H17O3P. The van der Waals surface area contributed by atoms with Crippen molar-refractivity contribution in [3.8, 4) is 0 Å². The van der Waals surface area contributed by atoms with Crippen molar-refractivity contribution < 1.29 is 13.6 Å². The Morgan fingerprint density at radius 1 is 1.19 bits per heavy atom. The maximum Gasteiger partial charge on any atom is 0.330 e. The van der Waals surface area contributed by atoms with Crippen LogP contribution in [0.1, 0.15) is 12.0 Å². The summed E-state index contributed by atoms with van der Waals surface area (Å²) >= 11 is 0. The van der Waals surface area contributed by atoms with Crippen molar-refractivity contribution in [3.63, 3.8) is 0 Å². The Morgan fingerprint density at radius 2 is 1.81 bits per heavy atom. The Hall–Kier alpha value is -0.890. The molecule has 0 radical (unpaired) electrons. The fourth-order valence-corrected chi connectivity index (χ4v) is 2.25. The summed E-state index contributed by atoms with van der Waals surface area (Å²) in [5.41, 5.74) is 1.13. The fraction of sp³-hybridized carbons (Fsp3) is 0.333. The third kappa shape index (κ3) is 4.31. The molecular weight excluding hydrogens is 223 g/mol. The smallest absolute Gasteiger partial charge is 0.312 e. The minimum atomic E-state index is -2.85. The SMILES string of the molecule is COP(=O)(CCC=Cc1ccccc1)OC. The molecule has 0 heterocycles. The molecule has 16 heavy (non-hydrogen) atoms. The molecule has 0 atom stereocenters. The predicted molar refractivity (Wildman–Crippen MR) is 66.6 cm³/mol. The third-order valence-electron chi connectivity index (χ3n) is 2.24. The predicted octanol–water partition coefficient (Wildman–Crippen LogP) is 3.58. The van der Waals surface area contributed by atoms with Gasteiger partial charge in [0.15, 0.2) is 0 Å². The summed E-state index contributed by atoms with van der Waals surface area (Å²) in [5.74, 6) is 0. The van der Waals surface area contributed by atoms with Crippen molar-refractivity contribution >= 4 is 13.7 Å². The fourth-order valence-electron chi connectivity index (χ4n) is 1.27. The molecule has 0 saturated carbocycles. The molecule has 0 aromatic heterocycles. The van der Waals surface area contributed by atoms with Gasteiger partial charge in [-0.25, -0.2) is 0 Å². The normalized spacial score (nSPS) is 12.1. The quantitative estimate of drug-likeness (QED) is 0.713. The number of benzene rings is 1. The van der Waals surface area contributed by atoms with E-state index in [1.165, 1.54) is 14.2 Å². The first-order chi connectivity index (χ1) is 7.70. The average Bonchev–Trinajstić information content (AvgIpc) is 2.36. The van der Waals surface area contributed by atoms with Crippen LogP contribution in [0, 0.1) is 0 Å².